The van der Waals surface area contributed by atoms with Crippen LogP contribution < -0.4 is 10.1 Å². The number of amides is 1. The Morgan fingerprint density at radius 2 is 2.26 bits per heavy atom. The van der Waals surface area contributed by atoms with E-state index >= 15 is 0 Å². The zero-order valence-corrected chi connectivity index (χ0v) is 13.6. The number of nitro groups is 1. The predicted octanol–water partition coefficient (Wildman–Crippen LogP) is 3.33. The van der Waals surface area contributed by atoms with Gasteiger partial charge in [-0.25, -0.2) is 4.98 Å². The summed E-state index contributed by atoms with van der Waals surface area (Å²) in [6, 6.07) is 3.88. The third-order valence-electron chi connectivity index (χ3n) is 3.18. The highest BCUT2D eigenvalue weighted by Crippen LogP contribution is 2.26. The molecule has 0 fully saturated rings. The smallest absolute Gasteiger partial charge is 0.282 e. The number of hydrogen-bond donors (Lipinski definition) is 1. The van der Waals surface area contributed by atoms with E-state index in [4.69, 9.17) is 4.74 Å². The van der Waals surface area contributed by atoms with Crippen molar-refractivity contribution in [1.29, 1.82) is 0 Å². The lowest BCUT2D eigenvalue weighted by Crippen LogP contribution is -2.28. The lowest BCUT2D eigenvalue weighted by atomic mass is 10.1. The van der Waals surface area contributed by atoms with E-state index in [0.29, 0.717) is 18.8 Å². The molecule has 23 heavy (non-hydrogen) atoms. The first kappa shape index (κ1) is 16.9. The Bertz CT molecular complexity index is 688. The minimum Gasteiger partial charge on any atom is -0.494 e. The van der Waals surface area contributed by atoms with Gasteiger partial charge in [0.2, 0.25) is 0 Å². The maximum Gasteiger partial charge on any atom is 0.282 e. The zero-order chi connectivity index (χ0) is 16.8. The second kappa shape index (κ2) is 7.68. The van der Waals surface area contributed by atoms with Gasteiger partial charge in [0.15, 0.2) is 0 Å². The lowest BCUT2D eigenvalue weighted by molar-refractivity contribution is -0.385. The molecular weight excluding hydrogens is 318 g/mol. The van der Waals surface area contributed by atoms with Gasteiger partial charge in [0, 0.05) is 17.6 Å². The van der Waals surface area contributed by atoms with E-state index in [-0.39, 0.29) is 17.3 Å². The molecule has 7 nitrogen and oxygen atoms in total. The van der Waals surface area contributed by atoms with Crippen LogP contribution in [0.5, 0.6) is 5.75 Å². The Balaban J connectivity index is 2.29. The molecule has 0 saturated carbocycles. The van der Waals surface area contributed by atoms with E-state index in [2.05, 4.69) is 10.3 Å². The summed E-state index contributed by atoms with van der Waals surface area (Å²) in [6.07, 6.45) is 2.30. The van der Waals surface area contributed by atoms with Crippen molar-refractivity contribution in [2.45, 2.75) is 26.3 Å². The molecule has 0 aliphatic carbocycles. The van der Waals surface area contributed by atoms with Gasteiger partial charge in [-0.3, -0.25) is 14.9 Å². The molecule has 0 saturated heterocycles. The fourth-order valence-corrected chi connectivity index (χ4v) is 2.87. The average Bonchev–Trinajstić information content (AvgIpc) is 3.06. The third kappa shape index (κ3) is 4.04. The summed E-state index contributed by atoms with van der Waals surface area (Å²) in [5.74, 6) is -0.0918. The molecule has 2 rings (SSSR count). The molecule has 1 amide bonds. The van der Waals surface area contributed by atoms with Gasteiger partial charge < -0.3 is 10.1 Å². The molecule has 0 spiro atoms. The first-order chi connectivity index (χ1) is 11.1. The van der Waals surface area contributed by atoms with Crippen LogP contribution in [0.15, 0.2) is 29.8 Å². The van der Waals surface area contributed by atoms with E-state index in [1.165, 1.54) is 29.5 Å². The van der Waals surface area contributed by atoms with Crippen molar-refractivity contribution >= 4 is 22.9 Å². The number of carbonyl (C=O) groups excluding carboxylic acids is 1. The summed E-state index contributed by atoms with van der Waals surface area (Å²) >= 11 is 1.43. The number of nitrogens with zero attached hydrogens (tertiary/aromatic N) is 2. The molecule has 1 aromatic carbocycles. The molecule has 1 heterocycles. The van der Waals surface area contributed by atoms with Crippen molar-refractivity contribution in [1.82, 2.24) is 10.3 Å². The molecule has 2 aromatic rings. The van der Waals surface area contributed by atoms with Gasteiger partial charge in [-0.05, 0) is 25.5 Å². The van der Waals surface area contributed by atoms with Crippen LogP contribution in [-0.4, -0.2) is 22.4 Å². The Hall–Kier alpha value is -2.48. The highest BCUT2D eigenvalue weighted by molar-refractivity contribution is 7.09. The Morgan fingerprint density at radius 3 is 2.83 bits per heavy atom. The normalized spacial score (nSPS) is 11.7. The predicted molar refractivity (Wildman–Crippen MR) is 86.9 cm³/mol. The maximum absolute atomic E-state index is 12.5. The second-order valence-corrected chi connectivity index (χ2v) is 5.60. The van der Waals surface area contributed by atoms with Gasteiger partial charge in [-0.2, -0.15) is 0 Å². The number of thiazole rings is 1. The van der Waals surface area contributed by atoms with Gasteiger partial charge in [0.05, 0.1) is 17.6 Å². The summed E-state index contributed by atoms with van der Waals surface area (Å²) < 4.78 is 5.32. The van der Waals surface area contributed by atoms with Crippen molar-refractivity contribution in [2.24, 2.45) is 0 Å². The summed E-state index contributed by atoms with van der Waals surface area (Å²) in [4.78, 5) is 27.3. The highest BCUT2D eigenvalue weighted by Gasteiger charge is 2.24. The van der Waals surface area contributed by atoms with Crippen LogP contribution in [0.4, 0.5) is 5.69 Å². The molecular formula is C15H17N3O4S. The van der Waals surface area contributed by atoms with Gasteiger partial charge in [-0.15, -0.1) is 11.3 Å². The summed E-state index contributed by atoms with van der Waals surface area (Å²) in [5, 5.41) is 16.5. The van der Waals surface area contributed by atoms with Gasteiger partial charge in [0.1, 0.15) is 16.3 Å². The van der Waals surface area contributed by atoms with E-state index in [0.717, 1.165) is 5.01 Å². The third-order valence-corrected chi connectivity index (χ3v) is 4.07. The average molecular weight is 335 g/mol. The molecule has 0 aliphatic rings. The van der Waals surface area contributed by atoms with E-state index in [1.807, 2.05) is 12.3 Å². The van der Waals surface area contributed by atoms with Gasteiger partial charge in [-0.1, -0.05) is 6.92 Å². The van der Waals surface area contributed by atoms with Crippen LogP contribution in [0.3, 0.4) is 0 Å². The Kier molecular flexibility index (Phi) is 5.64. The fraction of sp³-hybridized carbons (Fsp3) is 0.333. The van der Waals surface area contributed by atoms with Crippen LogP contribution >= 0.6 is 11.3 Å². The topological polar surface area (TPSA) is 94.4 Å². The molecule has 8 heteroatoms. The zero-order valence-electron chi connectivity index (χ0n) is 12.8. The number of aromatic nitrogens is 1. The quantitative estimate of drug-likeness (QED) is 0.618. The van der Waals surface area contributed by atoms with Crippen molar-refractivity contribution in [3.8, 4) is 5.75 Å². The molecule has 0 radical (unpaired) electrons. The van der Waals surface area contributed by atoms with Crippen LogP contribution in [-0.2, 0) is 0 Å². The van der Waals surface area contributed by atoms with E-state index < -0.39 is 10.8 Å². The summed E-state index contributed by atoms with van der Waals surface area (Å²) in [7, 11) is 0. The lowest BCUT2D eigenvalue weighted by Gasteiger charge is -2.15. The molecule has 1 N–H and O–H groups in total. The number of benzene rings is 1. The fourth-order valence-electron chi connectivity index (χ4n) is 2.09. The highest BCUT2D eigenvalue weighted by atomic mass is 32.1. The largest absolute Gasteiger partial charge is 0.494 e. The maximum atomic E-state index is 12.5. The number of carbonyl (C=O) groups is 1. The van der Waals surface area contributed by atoms with Crippen LogP contribution in [0.1, 0.15) is 41.7 Å². The molecule has 0 aliphatic heterocycles. The minimum absolute atomic E-state index is 0.0176. The van der Waals surface area contributed by atoms with Gasteiger partial charge >= 0.3 is 0 Å². The van der Waals surface area contributed by atoms with Crippen LogP contribution in [0, 0.1) is 10.1 Å². The van der Waals surface area contributed by atoms with Gasteiger partial charge in [0.25, 0.3) is 11.6 Å². The summed E-state index contributed by atoms with van der Waals surface area (Å²) in [5.41, 5.74) is -0.268. The van der Waals surface area contributed by atoms with Crippen molar-refractivity contribution in [3.63, 3.8) is 0 Å². The minimum atomic E-state index is -0.574. The van der Waals surface area contributed by atoms with Crippen molar-refractivity contribution in [3.05, 3.63) is 50.5 Å². The summed E-state index contributed by atoms with van der Waals surface area (Å²) in [6.45, 7) is 4.13. The van der Waals surface area contributed by atoms with Crippen LogP contribution in [0.25, 0.3) is 0 Å². The van der Waals surface area contributed by atoms with Crippen LogP contribution in [0.2, 0.25) is 0 Å². The SMILES string of the molecule is CCOc1ccc([N+](=O)[O-])c(C(=O)NC(CC)c2nccs2)c1. The number of nitrogens with one attached hydrogen (secondary N) is 1. The monoisotopic (exact) mass is 335 g/mol. The standard InChI is InChI=1S/C15H17N3O4S/c1-3-12(15-16-7-8-23-15)17-14(19)11-9-10(22-4-2)5-6-13(11)18(20)21/h5-9,12H,3-4H2,1-2H3,(H,17,19). The van der Waals surface area contributed by atoms with E-state index in [1.54, 1.807) is 13.1 Å². The molecule has 1 aromatic heterocycles. The molecule has 1 atom stereocenters. The number of ether oxygens (including phenoxy) is 1. The first-order valence-corrected chi connectivity index (χ1v) is 8.06. The Morgan fingerprint density at radius 1 is 1.48 bits per heavy atom. The number of rotatable bonds is 7. The second-order valence-electron chi connectivity index (χ2n) is 4.67. The van der Waals surface area contributed by atoms with E-state index in [9.17, 15) is 14.9 Å². The Labute approximate surface area is 137 Å². The van der Waals surface area contributed by atoms with Crippen molar-refractivity contribution in [2.75, 3.05) is 6.61 Å². The molecule has 122 valence electrons. The number of hydrogen-bond acceptors (Lipinski definition) is 6. The van der Waals surface area contributed by atoms with Crippen molar-refractivity contribution < 1.29 is 14.5 Å². The molecule has 0 bridgehead atoms. The molecule has 1 unspecified atom stereocenters. The number of nitro benzene ring substituents is 1. The first-order valence-electron chi connectivity index (χ1n) is 7.18.